The summed E-state index contributed by atoms with van der Waals surface area (Å²) in [5.74, 6) is 1.14. The lowest BCUT2D eigenvalue weighted by molar-refractivity contribution is 0.318. The van der Waals surface area contributed by atoms with Crippen molar-refractivity contribution in [3.63, 3.8) is 0 Å². The molecule has 116 valence electrons. The largest absolute Gasteiger partial charge is 0.504 e. The number of benzene rings is 2. The van der Waals surface area contributed by atoms with Crippen molar-refractivity contribution in [3.05, 3.63) is 47.0 Å². The second-order valence-electron chi connectivity index (χ2n) is 4.38. The smallest absolute Gasteiger partial charge is 0.161 e. The summed E-state index contributed by atoms with van der Waals surface area (Å²) in [6.07, 6.45) is 1.63. The molecule has 5 nitrogen and oxygen atoms in total. The summed E-state index contributed by atoms with van der Waals surface area (Å²) in [7, 11) is 1.56. The first kappa shape index (κ1) is 16.0. The molecule has 0 aliphatic carbocycles. The van der Waals surface area contributed by atoms with Gasteiger partial charge in [0.2, 0.25) is 0 Å². The summed E-state index contributed by atoms with van der Waals surface area (Å²) < 4.78 is 10.4. The van der Waals surface area contributed by atoms with Crippen molar-refractivity contribution in [1.82, 2.24) is 0 Å². The maximum absolute atomic E-state index is 9.64. The van der Waals surface area contributed by atoms with E-state index in [2.05, 4.69) is 10.5 Å². The average Bonchev–Trinajstić information content (AvgIpc) is 2.51. The van der Waals surface area contributed by atoms with Crippen molar-refractivity contribution in [1.29, 1.82) is 0 Å². The first-order chi connectivity index (χ1) is 10.6. The van der Waals surface area contributed by atoms with Crippen molar-refractivity contribution in [2.24, 2.45) is 5.10 Å². The molecule has 0 aromatic heterocycles. The van der Waals surface area contributed by atoms with Gasteiger partial charge >= 0.3 is 0 Å². The van der Waals surface area contributed by atoms with Gasteiger partial charge in [0, 0.05) is 0 Å². The van der Waals surface area contributed by atoms with E-state index in [-0.39, 0.29) is 5.75 Å². The number of hydrogen-bond donors (Lipinski definition) is 2. The number of aromatic hydroxyl groups is 1. The molecule has 0 radical (unpaired) electrons. The van der Waals surface area contributed by atoms with E-state index in [0.29, 0.717) is 23.1 Å². The number of methoxy groups -OCH3 is 1. The molecule has 0 bridgehead atoms. The molecule has 2 aromatic rings. The van der Waals surface area contributed by atoms with Crippen LogP contribution in [0.5, 0.6) is 17.2 Å². The summed E-state index contributed by atoms with van der Waals surface area (Å²) in [6, 6.07) is 10.3. The Labute approximate surface area is 134 Å². The average molecular weight is 321 g/mol. The van der Waals surface area contributed by atoms with Gasteiger partial charge in [0.25, 0.3) is 0 Å². The zero-order valence-corrected chi connectivity index (χ0v) is 13.1. The van der Waals surface area contributed by atoms with Gasteiger partial charge in [-0.25, -0.2) is 0 Å². The second kappa shape index (κ2) is 7.56. The number of anilines is 1. The summed E-state index contributed by atoms with van der Waals surface area (Å²) in [4.78, 5) is 0. The summed E-state index contributed by atoms with van der Waals surface area (Å²) in [5, 5.41) is 14.3. The van der Waals surface area contributed by atoms with Crippen LogP contribution in [0.25, 0.3) is 0 Å². The van der Waals surface area contributed by atoms with E-state index in [0.717, 1.165) is 11.3 Å². The van der Waals surface area contributed by atoms with Crippen LogP contribution >= 0.6 is 11.6 Å². The molecular weight excluding hydrogens is 304 g/mol. The summed E-state index contributed by atoms with van der Waals surface area (Å²) >= 11 is 6.04. The monoisotopic (exact) mass is 320 g/mol. The fraction of sp³-hybridized carbons (Fsp3) is 0.188. The van der Waals surface area contributed by atoms with Crippen molar-refractivity contribution < 1.29 is 14.6 Å². The number of phenols is 1. The topological polar surface area (TPSA) is 63.1 Å². The van der Waals surface area contributed by atoms with Crippen molar-refractivity contribution in [2.45, 2.75) is 6.92 Å². The van der Waals surface area contributed by atoms with Crippen LogP contribution in [-0.4, -0.2) is 25.0 Å². The van der Waals surface area contributed by atoms with Gasteiger partial charge in [0.05, 0.1) is 30.6 Å². The Morgan fingerprint density at radius 3 is 2.73 bits per heavy atom. The molecule has 0 heterocycles. The molecule has 2 rings (SSSR count). The number of phenolic OH excluding ortho intramolecular Hbond substituents is 1. The van der Waals surface area contributed by atoms with Crippen molar-refractivity contribution in [2.75, 3.05) is 19.1 Å². The van der Waals surface area contributed by atoms with E-state index < -0.39 is 0 Å². The highest BCUT2D eigenvalue weighted by atomic mass is 35.5. The zero-order chi connectivity index (χ0) is 15.9. The Bertz CT molecular complexity index is 674. The molecule has 0 saturated heterocycles. The highest BCUT2D eigenvalue weighted by Gasteiger charge is 2.03. The standard InChI is InChI=1S/C16H17ClN2O3/c1-3-22-16-8-11(4-6-14(16)20)10-18-19-12-5-7-15(21-2)13(17)9-12/h4-10,19-20H,3H2,1-2H3/b18-10+. The van der Waals surface area contributed by atoms with Gasteiger partial charge in [-0.15, -0.1) is 0 Å². The number of nitrogens with one attached hydrogen (secondary N) is 1. The Morgan fingerprint density at radius 2 is 2.05 bits per heavy atom. The maximum Gasteiger partial charge on any atom is 0.161 e. The van der Waals surface area contributed by atoms with E-state index in [9.17, 15) is 5.11 Å². The molecule has 0 aliphatic heterocycles. The summed E-state index contributed by atoms with van der Waals surface area (Å²) in [5.41, 5.74) is 4.42. The maximum atomic E-state index is 9.64. The van der Waals surface area contributed by atoms with E-state index in [4.69, 9.17) is 21.1 Å². The first-order valence-electron chi connectivity index (χ1n) is 6.72. The molecule has 2 aromatic carbocycles. The quantitative estimate of drug-likeness (QED) is 0.626. The Kier molecular flexibility index (Phi) is 5.49. The van der Waals surface area contributed by atoms with E-state index >= 15 is 0 Å². The van der Waals surface area contributed by atoms with Gasteiger partial charge in [0.15, 0.2) is 11.5 Å². The zero-order valence-electron chi connectivity index (χ0n) is 12.3. The van der Waals surface area contributed by atoms with Gasteiger partial charge in [-0.2, -0.15) is 5.10 Å². The molecule has 2 N–H and O–H groups in total. The first-order valence-corrected chi connectivity index (χ1v) is 7.10. The van der Waals surface area contributed by atoms with Crippen LogP contribution in [0.3, 0.4) is 0 Å². The lowest BCUT2D eigenvalue weighted by atomic mass is 10.2. The van der Waals surface area contributed by atoms with Crippen LogP contribution in [0.1, 0.15) is 12.5 Å². The highest BCUT2D eigenvalue weighted by Crippen LogP contribution is 2.28. The number of ether oxygens (including phenoxy) is 2. The number of nitrogens with zero attached hydrogens (tertiary/aromatic N) is 1. The molecule has 0 spiro atoms. The third-order valence-corrected chi connectivity index (χ3v) is 3.14. The molecule has 0 amide bonds. The van der Waals surface area contributed by atoms with Crippen LogP contribution in [-0.2, 0) is 0 Å². The van der Waals surface area contributed by atoms with Crippen molar-refractivity contribution >= 4 is 23.5 Å². The van der Waals surface area contributed by atoms with Crippen molar-refractivity contribution in [3.8, 4) is 17.2 Å². The lowest BCUT2D eigenvalue weighted by Crippen LogP contribution is -1.94. The number of halogens is 1. The van der Waals surface area contributed by atoms with E-state index in [1.165, 1.54) is 0 Å². The van der Waals surface area contributed by atoms with Gasteiger partial charge in [-0.3, -0.25) is 5.43 Å². The molecule has 0 fully saturated rings. The predicted octanol–water partition coefficient (Wildman–Crippen LogP) is 3.90. The third-order valence-electron chi connectivity index (χ3n) is 2.84. The number of hydrazone groups is 1. The second-order valence-corrected chi connectivity index (χ2v) is 4.79. The predicted molar refractivity (Wildman–Crippen MR) is 88.5 cm³/mol. The highest BCUT2D eigenvalue weighted by molar-refractivity contribution is 6.32. The van der Waals surface area contributed by atoms with Gasteiger partial charge in [-0.05, 0) is 48.9 Å². The van der Waals surface area contributed by atoms with E-state index in [1.54, 1.807) is 43.7 Å². The van der Waals surface area contributed by atoms with Crippen LogP contribution < -0.4 is 14.9 Å². The molecule has 0 aliphatic rings. The normalized spacial score (nSPS) is 10.7. The fourth-order valence-electron chi connectivity index (χ4n) is 1.80. The molecule has 6 heteroatoms. The molecule has 0 atom stereocenters. The van der Waals surface area contributed by atoms with Crippen LogP contribution in [0.15, 0.2) is 41.5 Å². The lowest BCUT2D eigenvalue weighted by Gasteiger charge is -2.07. The van der Waals surface area contributed by atoms with Crippen LogP contribution in [0, 0.1) is 0 Å². The molecule has 0 saturated carbocycles. The SMILES string of the molecule is CCOc1cc(/C=N/Nc2ccc(OC)c(Cl)c2)ccc1O. The Balaban J connectivity index is 2.06. The van der Waals surface area contributed by atoms with Gasteiger partial charge in [-0.1, -0.05) is 11.6 Å². The Hall–Kier alpha value is -2.40. The molecular formula is C16H17ClN2O3. The van der Waals surface area contributed by atoms with E-state index in [1.807, 2.05) is 13.0 Å². The minimum atomic E-state index is 0.105. The van der Waals surface area contributed by atoms with Crippen LogP contribution in [0.4, 0.5) is 5.69 Å². The fourth-order valence-corrected chi connectivity index (χ4v) is 2.06. The minimum absolute atomic E-state index is 0.105. The van der Waals surface area contributed by atoms with Gasteiger partial charge < -0.3 is 14.6 Å². The minimum Gasteiger partial charge on any atom is -0.504 e. The Morgan fingerprint density at radius 1 is 1.23 bits per heavy atom. The summed E-state index contributed by atoms with van der Waals surface area (Å²) in [6.45, 7) is 2.34. The third kappa shape index (κ3) is 4.05. The van der Waals surface area contributed by atoms with Crippen LogP contribution in [0.2, 0.25) is 5.02 Å². The molecule has 22 heavy (non-hydrogen) atoms. The molecule has 0 unspecified atom stereocenters. The van der Waals surface area contributed by atoms with Gasteiger partial charge in [0.1, 0.15) is 5.75 Å². The number of rotatable bonds is 6. The number of hydrogen-bond acceptors (Lipinski definition) is 5.